The van der Waals surface area contributed by atoms with Gasteiger partial charge in [-0.3, -0.25) is 14.3 Å². The van der Waals surface area contributed by atoms with Crippen LogP contribution >= 0.6 is 9.90 Å². The van der Waals surface area contributed by atoms with Crippen LogP contribution in [-0.4, -0.2) is 59.9 Å². The van der Waals surface area contributed by atoms with Gasteiger partial charge in [-0.2, -0.15) is 0 Å². The van der Waals surface area contributed by atoms with Crippen molar-refractivity contribution in [2.75, 3.05) is 28.2 Å². The first-order chi connectivity index (χ1) is 59.7. The number of aryl methyl sites for hydroxylation is 3. The maximum absolute atomic E-state index is 15.6. The lowest BCUT2D eigenvalue weighted by Crippen LogP contribution is -2.27. The molecule has 14 aromatic rings. The van der Waals surface area contributed by atoms with Crippen molar-refractivity contribution in [2.45, 2.75) is 140 Å². The Bertz CT molecular complexity index is 6100. The van der Waals surface area contributed by atoms with E-state index in [2.05, 4.69) is 101 Å². The molecule has 0 amide bonds. The van der Waals surface area contributed by atoms with Crippen LogP contribution in [0.4, 0.5) is 75.0 Å². The topological polar surface area (TPSA) is 74.0 Å². The highest BCUT2D eigenvalue weighted by Crippen LogP contribution is 2.46. The lowest BCUT2D eigenvalue weighted by Gasteiger charge is -2.17. The Labute approximate surface area is 746 Å². The van der Waals surface area contributed by atoms with Crippen LogP contribution in [-0.2, 0) is 25.9 Å². The summed E-state index contributed by atoms with van der Waals surface area (Å²) in [5.41, 5.74) is -2.45. The molecule has 0 bridgehead atoms. The third-order valence-electron chi connectivity index (χ3n) is 22.3. The highest BCUT2D eigenvalue weighted by Gasteiger charge is 2.38. The normalized spacial score (nSPS) is 11.8. The number of benzene rings is 12. The molecule has 0 saturated carbocycles. The lowest BCUT2D eigenvalue weighted by molar-refractivity contribution is -0.849. The number of aldehydes is 2. The Kier molecular flexibility index (Phi) is 36.8. The van der Waals surface area contributed by atoms with Crippen LogP contribution in [0.15, 0.2) is 176 Å². The fraction of sp³-hybridized carbons (Fsp3) is 0.257. The molecule has 24 heteroatoms. The molecule has 12 aromatic carbocycles. The second kappa shape index (κ2) is 45.5. The predicted molar refractivity (Wildman–Crippen MR) is 495 cm³/mol. The van der Waals surface area contributed by atoms with E-state index in [-0.39, 0.29) is 51.2 Å². The molecular weight excluding hydrogens is 1710 g/mol. The number of hydrogen-bond donors (Lipinski definition) is 0. The van der Waals surface area contributed by atoms with E-state index >= 15 is 35.1 Å². The van der Waals surface area contributed by atoms with Crippen LogP contribution in [0.1, 0.15) is 163 Å². The Morgan fingerprint density at radius 2 is 0.558 bits per heavy atom. The van der Waals surface area contributed by atoms with Crippen LogP contribution in [0.5, 0.6) is 0 Å². The summed E-state index contributed by atoms with van der Waals surface area (Å²) in [5, 5.41) is 4.33. The monoisotopic (exact) mass is 1810 g/mol. The molecule has 0 aliphatic rings. The van der Waals surface area contributed by atoms with E-state index in [9.17, 15) is 44.7 Å². The molecule has 684 valence electrons. The minimum absolute atomic E-state index is 0. The fourth-order valence-electron chi connectivity index (χ4n) is 15.5. The zero-order valence-electron chi connectivity index (χ0n) is 72.9. The van der Waals surface area contributed by atoms with Gasteiger partial charge in [-0.05, 0) is 162 Å². The van der Waals surface area contributed by atoms with Gasteiger partial charge in [0.2, 0.25) is 0 Å². The Hall–Kier alpha value is -11.8. The first kappa shape index (κ1) is 104. The van der Waals surface area contributed by atoms with E-state index < -0.39 is 138 Å². The number of nitrogens with zero attached hydrogens (tertiary/aromatic N) is 3. The summed E-state index contributed by atoms with van der Waals surface area (Å²) in [4.78, 5) is 22.4. The van der Waals surface area contributed by atoms with Gasteiger partial charge in [0.25, 0.3) is 0 Å². The van der Waals surface area contributed by atoms with Crippen molar-refractivity contribution >= 4 is 84.3 Å². The number of unbranched alkanes of at least 4 members (excludes halogenated alkanes) is 2. The SMILES string of the molecule is C.C/C=C/c1ccc2c(c1)c1cc(/C=C/c3ccc(-c4c(F)c(F)c(-c5c(F)c(F)c(-c6ccc(C)cc6)c(F)c5F)c(F)c4F)cc3)ccc1n2CC(CC)CCCC.CCCCC(CC)Cn1c2ccc(C=O)cc2c2cc(C=O)ccc21.CCc1ccc(-c2c(F)c(F)c(-c3c(F)c(F)c(-c4ccc(CC)cc4)c(F)c3F)c(F)c2F)cc1.C[N+](C)(C)C.F.[3HH].[OH-].[PH2-]. The summed E-state index contributed by atoms with van der Waals surface area (Å²) in [6.07, 6.45) is 20.1. The summed E-state index contributed by atoms with van der Waals surface area (Å²) in [6.45, 7) is 18.1. The van der Waals surface area contributed by atoms with Crippen molar-refractivity contribution in [3.05, 3.63) is 314 Å². The number of halogens is 17. The second-order valence-electron chi connectivity index (χ2n) is 32.5. The summed E-state index contributed by atoms with van der Waals surface area (Å²) in [7, 11) is 8.50. The van der Waals surface area contributed by atoms with E-state index in [1.54, 1.807) is 13.0 Å². The molecule has 0 fully saturated rings. The number of rotatable bonds is 25. The molecule has 2 aromatic heterocycles. The first-order valence-corrected chi connectivity index (χ1v) is 41.6. The Morgan fingerprint density at radius 3 is 0.806 bits per heavy atom. The number of carbonyl (C=O) groups excluding carboxylic acids is 2. The molecule has 14 rings (SSSR count). The minimum Gasteiger partial charge on any atom is -0.870 e. The summed E-state index contributed by atoms with van der Waals surface area (Å²) >= 11 is 0. The number of carbonyl (C=O) groups is 2. The molecule has 2 atom stereocenters. The van der Waals surface area contributed by atoms with E-state index in [1.165, 1.54) is 123 Å². The molecule has 0 radical (unpaired) electrons. The summed E-state index contributed by atoms with van der Waals surface area (Å²) in [6, 6.07) is 45.9. The molecule has 6 nitrogen and oxygen atoms in total. The number of quaternary nitrogens is 1. The second-order valence-corrected chi connectivity index (χ2v) is 32.5. The average Bonchev–Trinajstić information content (AvgIpc) is 1.05. The quantitative estimate of drug-likeness (QED) is 0.0143. The van der Waals surface area contributed by atoms with Crippen LogP contribution in [0.2, 0.25) is 0 Å². The van der Waals surface area contributed by atoms with Crippen LogP contribution in [0, 0.1) is 112 Å². The van der Waals surface area contributed by atoms with Crippen molar-refractivity contribution in [3.63, 3.8) is 0 Å². The minimum atomic E-state index is -2.22. The van der Waals surface area contributed by atoms with Crippen molar-refractivity contribution in [3.8, 4) is 66.8 Å². The largest absolute Gasteiger partial charge is 0.870 e. The molecule has 2 heterocycles. The highest BCUT2D eigenvalue weighted by atomic mass is 31.0. The zero-order valence-corrected chi connectivity index (χ0v) is 74.1. The van der Waals surface area contributed by atoms with Gasteiger partial charge in [-0.15, -0.1) is 0 Å². The highest BCUT2D eigenvalue weighted by molar-refractivity contribution is 6.92. The van der Waals surface area contributed by atoms with Crippen LogP contribution in [0.25, 0.3) is 129 Å². The predicted octanol–water partition coefficient (Wildman–Crippen LogP) is 31.7. The number of fused-ring (bicyclic) bond motifs is 6. The van der Waals surface area contributed by atoms with Crippen molar-refractivity contribution < 1.29 is 95.9 Å². The van der Waals surface area contributed by atoms with Crippen molar-refractivity contribution in [2.24, 2.45) is 11.8 Å². The average molecular weight is 1810 g/mol. The standard InChI is InChI=1S/C50H41F8N.C28H18F8.C22H25NO2.C4H12N.CH4.FH.H2O.H2P.H2/c1-5-8-10-29(7-3)27-59-37-23-17-31(9-6-2)25-35(37)36-26-32(18-24-38(36)59)14-13-30-15-21-34(22-16-30)40-45(53)49(57)42(50(58)46(40)54)41-47(55)43(51)39(44(52)48(41)56)33-19-11-28(4)12-20-33;1-3-13-5-9-15(10-6-13)17-21(29)25(33)19(26(34)22(17)30)20-27(35)23(31)18(24(32)28(20)36)16-11-7-14(4-2)8-12-16;1-3-5-6-16(4-2)13-23-21-9-7-17(14-24)11-19(21)20-12-18(15-25)8-10-22(20)23;1-5(2,3)4;;;;;/h6,9,11-26,29H,5,7-8,10,27H2,1-4H3;5-12H,3-4H2,1-2H3;7-12,14-16H,3-6,13H2,1-2H3;1-4H3;1H4;1H;2*1H2;1H/q;;;+1;;;;-1;/p-1/b9-6+,14-13+;;;;;;;;/i;;;;;;;;1+2. The number of allylic oxidation sites excluding steroid dienone is 1. The third-order valence-corrected chi connectivity index (χ3v) is 22.3. The molecule has 0 aliphatic heterocycles. The van der Waals surface area contributed by atoms with Gasteiger partial charge in [-0.1, -0.05) is 227 Å². The van der Waals surface area contributed by atoms with Crippen LogP contribution in [0.3, 0.4) is 0 Å². The number of aromatic nitrogens is 2. The number of hydrogen-bond acceptors (Lipinski definition) is 3. The Balaban J connectivity index is 0.000000312. The van der Waals surface area contributed by atoms with Crippen molar-refractivity contribution in [1.29, 1.82) is 0 Å². The van der Waals surface area contributed by atoms with Gasteiger partial charge in [0, 0.05) is 69.3 Å². The van der Waals surface area contributed by atoms with E-state index in [0.29, 0.717) is 46.9 Å². The smallest absolute Gasteiger partial charge is 0.170 e. The summed E-state index contributed by atoms with van der Waals surface area (Å²) in [5.74, 6) is -32.3. The molecule has 2 unspecified atom stereocenters. The Morgan fingerprint density at radius 1 is 0.333 bits per heavy atom. The van der Waals surface area contributed by atoms with Crippen molar-refractivity contribution in [1.82, 2.24) is 9.13 Å². The molecule has 129 heavy (non-hydrogen) atoms. The van der Waals surface area contributed by atoms with Gasteiger partial charge in [0.05, 0.1) is 72.7 Å². The molecular formula is C105H106F17N3O3P-. The molecule has 0 aliphatic carbocycles. The first-order valence-electron chi connectivity index (χ1n) is 41.6. The zero-order chi connectivity index (χ0) is 90.7. The van der Waals surface area contributed by atoms with Gasteiger partial charge >= 0.3 is 0 Å². The maximum Gasteiger partial charge on any atom is 0.170 e. The van der Waals surface area contributed by atoms with E-state index in [0.717, 1.165) is 122 Å². The summed E-state index contributed by atoms with van der Waals surface area (Å²) < 4.78 is 249. The lowest BCUT2D eigenvalue weighted by atomic mass is 9.93. The fourth-order valence-corrected chi connectivity index (χ4v) is 15.5. The maximum atomic E-state index is 15.6. The van der Waals surface area contributed by atoms with E-state index in [1.807, 2.05) is 75.4 Å². The van der Waals surface area contributed by atoms with Gasteiger partial charge in [-0.25, -0.2) is 70.2 Å². The van der Waals surface area contributed by atoms with Crippen LogP contribution < -0.4 is 0 Å². The third kappa shape index (κ3) is 22.4. The van der Waals surface area contributed by atoms with Gasteiger partial charge in [0.15, 0.2) is 93.1 Å². The van der Waals surface area contributed by atoms with Gasteiger partial charge < -0.3 is 29.0 Å². The van der Waals surface area contributed by atoms with Gasteiger partial charge in [0.1, 0.15) is 12.6 Å². The van der Waals surface area contributed by atoms with E-state index in [4.69, 9.17) is 0 Å². The molecule has 0 spiro atoms. The molecule has 0 saturated heterocycles. The molecule has 1 N–H and O–H groups in total.